The summed E-state index contributed by atoms with van der Waals surface area (Å²) < 4.78 is 0. The number of likely N-dealkylation sites (N-methyl/N-ethyl adjacent to an activating group) is 1. The van der Waals surface area contributed by atoms with Crippen molar-refractivity contribution >= 4 is 40.8 Å². The number of hydrogen-bond acceptors (Lipinski definition) is 3. The second-order valence-electron chi connectivity index (χ2n) is 6.40. The van der Waals surface area contributed by atoms with E-state index >= 15 is 0 Å². The van der Waals surface area contributed by atoms with Crippen LogP contribution in [0.1, 0.15) is 16.7 Å². The molecule has 3 amide bonds. The Hall–Kier alpha value is -2.08. The molecule has 26 heavy (non-hydrogen) atoms. The molecule has 0 aliphatic carbocycles. The Morgan fingerprint density at radius 1 is 1.00 bits per heavy atom. The quantitative estimate of drug-likeness (QED) is 0.805. The van der Waals surface area contributed by atoms with Crippen LogP contribution in [0, 0.1) is 13.8 Å². The third-order valence-electron chi connectivity index (χ3n) is 4.98. The van der Waals surface area contributed by atoms with Crippen LogP contribution in [0.25, 0.3) is 0 Å². The summed E-state index contributed by atoms with van der Waals surface area (Å²) >= 11 is 12.0. The SMILES string of the molecule is Cc1ccc(C2(CO)C(=O)N(c3ccc(Cl)c(Cl)c3)C(=O)N2C)cc1C. The van der Waals surface area contributed by atoms with Gasteiger partial charge < -0.3 is 10.0 Å². The monoisotopic (exact) mass is 392 g/mol. The highest BCUT2D eigenvalue weighted by molar-refractivity contribution is 6.42. The fraction of sp³-hybridized carbons (Fsp3) is 0.263. The predicted octanol–water partition coefficient (Wildman–Crippen LogP) is 3.90. The molecule has 1 heterocycles. The molecule has 1 aliphatic heterocycles. The van der Waals surface area contributed by atoms with E-state index < -0.39 is 24.1 Å². The number of anilines is 1. The van der Waals surface area contributed by atoms with Crippen LogP contribution in [0.3, 0.4) is 0 Å². The number of hydrogen-bond donors (Lipinski definition) is 1. The second kappa shape index (κ2) is 6.58. The molecule has 0 aromatic heterocycles. The summed E-state index contributed by atoms with van der Waals surface area (Å²) in [5.41, 5.74) is 1.41. The number of benzene rings is 2. The third kappa shape index (κ3) is 2.58. The molecule has 3 rings (SSSR count). The van der Waals surface area contributed by atoms with E-state index in [1.165, 1.54) is 24.1 Å². The van der Waals surface area contributed by atoms with Crippen molar-refractivity contribution in [2.24, 2.45) is 0 Å². The van der Waals surface area contributed by atoms with Gasteiger partial charge in [0.15, 0.2) is 5.54 Å². The van der Waals surface area contributed by atoms with Crippen LogP contribution < -0.4 is 4.90 Å². The smallest absolute Gasteiger partial charge is 0.332 e. The number of rotatable bonds is 3. The van der Waals surface area contributed by atoms with Gasteiger partial charge in [-0.1, -0.05) is 41.4 Å². The van der Waals surface area contributed by atoms with Gasteiger partial charge in [0.2, 0.25) is 0 Å². The van der Waals surface area contributed by atoms with Crippen molar-refractivity contribution in [1.29, 1.82) is 0 Å². The van der Waals surface area contributed by atoms with Gasteiger partial charge in [0.1, 0.15) is 0 Å². The van der Waals surface area contributed by atoms with Gasteiger partial charge in [-0.25, -0.2) is 9.69 Å². The Balaban J connectivity index is 2.15. The van der Waals surface area contributed by atoms with Crippen molar-refractivity contribution in [3.8, 4) is 0 Å². The number of carbonyl (C=O) groups excluding carboxylic acids is 2. The lowest BCUT2D eigenvalue weighted by atomic mass is 9.87. The van der Waals surface area contributed by atoms with Crippen molar-refractivity contribution < 1.29 is 14.7 Å². The number of carbonyl (C=O) groups is 2. The molecule has 0 saturated carbocycles. The topological polar surface area (TPSA) is 60.9 Å². The molecule has 5 nitrogen and oxygen atoms in total. The Morgan fingerprint density at radius 2 is 1.69 bits per heavy atom. The van der Waals surface area contributed by atoms with Gasteiger partial charge in [0.25, 0.3) is 5.91 Å². The Kier molecular flexibility index (Phi) is 4.73. The largest absolute Gasteiger partial charge is 0.393 e. The molecule has 0 spiro atoms. The lowest BCUT2D eigenvalue weighted by molar-refractivity contribution is -0.127. The van der Waals surface area contributed by atoms with E-state index in [0.29, 0.717) is 16.3 Å². The zero-order chi connectivity index (χ0) is 19.2. The first-order valence-electron chi connectivity index (χ1n) is 8.00. The number of aliphatic hydroxyl groups is 1. The molecule has 1 saturated heterocycles. The van der Waals surface area contributed by atoms with E-state index in [0.717, 1.165) is 16.0 Å². The summed E-state index contributed by atoms with van der Waals surface area (Å²) in [5.74, 6) is -0.533. The first kappa shape index (κ1) is 18.7. The summed E-state index contributed by atoms with van der Waals surface area (Å²) in [7, 11) is 1.50. The zero-order valence-electron chi connectivity index (χ0n) is 14.6. The zero-order valence-corrected chi connectivity index (χ0v) is 16.1. The highest BCUT2D eigenvalue weighted by Gasteiger charge is 2.57. The van der Waals surface area contributed by atoms with Crippen molar-refractivity contribution in [1.82, 2.24) is 4.90 Å². The lowest BCUT2D eigenvalue weighted by Crippen LogP contribution is -2.48. The number of aryl methyl sites for hydroxylation is 2. The minimum atomic E-state index is -1.48. The van der Waals surface area contributed by atoms with E-state index in [1.54, 1.807) is 12.1 Å². The first-order chi connectivity index (χ1) is 12.2. The fourth-order valence-corrected chi connectivity index (χ4v) is 3.45. The average molecular weight is 393 g/mol. The average Bonchev–Trinajstić information content (AvgIpc) is 2.80. The van der Waals surface area contributed by atoms with Gasteiger partial charge in [-0.15, -0.1) is 0 Å². The van der Waals surface area contributed by atoms with E-state index in [1.807, 2.05) is 26.0 Å². The maximum Gasteiger partial charge on any atom is 0.332 e. The van der Waals surface area contributed by atoms with Gasteiger partial charge in [-0.2, -0.15) is 0 Å². The molecule has 1 N–H and O–H groups in total. The molecular formula is C19H18Cl2N2O3. The molecule has 0 radical (unpaired) electrons. The van der Waals surface area contributed by atoms with Gasteiger partial charge in [0, 0.05) is 7.05 Å². The Bertz CT molecular complexity index is 916. The van der Waals surface area contributed by atoms with Crippen LogP contribution in [-0.4, -0.2) is 35.6 Å². The van der Waals surface area contributed by atoms with Crippen LogP contribution >= 0.6 is 23.2 Å². The van der Waals surface area contributed by atoms with Crippen molar-refractivity contribution in [2.45, 2.75) is 19.4 Å². The highest BCUT2D eigenvalue weighted by Crippen LogP contribution is 2.40. The number of urea groups is 1. The summed E-state index contributed by atoms with van der Waals surface area (Å²) in [4.78, 5) is 28.4. The van der Waals surface area contributed by atoms with Crippen molar-refractivity contribution in [3.05, 3.63) is 63.1 Å². The summed E-state index contributed by atoms with van der Waals surface area (Å²) in [6.07, 6.45) is 0. The van der Waals surface area contributed by atoms with Gasteiger partial charge in [-0.05, 0) is 48.7 Å². The molecule has 1 fully saturated rings. The number of aliphatic hydroxyl groups excluding tert-OH is 1. The lowest BCUT2D eigenvalue weighted by Gasteiger charge is -2.31. The molecule has 2 aromatic carbocycles. The van der Waals surface area contributed by atoms with E-state index in [-0.39, 0.29) is 5.02 Å². The maximum absolute atomic E-state index is 13.3. The molecular weight excluding hydrogens is 375 g/mol. The van der Waals surface area contributed by atoms with E-state index in [2.05, 4.69) is 0 Å². The molecule has 7 heteroatoms. The fourth-order valence-electron chi connectivity index (χ4n) is 3.16. The normalized spacial score (nSPS) is 20.2. The van der Waals surface area contributed by atoms with Crippen LogP contribution in [0.15, 0.2) is 36.4 Å². The molecule has 1 aliphatic rings. The number of amides is 3. The molecule has 2 aromatic rings. The van der Waals surface area contributed by atoms with Crippen molar-refractivity contribution in [2.75, 3.05) is 18.6 Å². The van der Waals surface area contributed by atoms with E-state index in [9.17, 15) is 14.7 Å². The third-order valence-corrected chi connectivity index (χ3v) is 5.72. The summed E-state index contributed by atoms with van der Waals surface area (Å²) in [5, 5.41) is 10.7. The van der Waals surface area contributed by atoms with Crippen molar-refractivity contribution in [3.63, 3.8) is 0 Å². The maximum atomic E-state index is 13.3. The van der Waals surface area contributed by atoms with Crippen LogP contribution in [0.4, 0.5) is 10.5 Å². The molecule has 1 atom stereocenters. The van der Waals surface area contributed by atoms with E-state index in [4.69, 9.17) is 23.2 Å². The second-order valence-corrected chi connectivity index (χ2v) is 7.21. The number of imide groups is 1. The molecule has 0 bridgehead atoms. The molecule has 1 unspecified atom stereocenters. The number of nitrogens with zero attached hydrogens (tertiary/aromatic N) is 2. The summed E-state index contributed by atoms with van der Waals surface area (Å²) in [6, 6.07) is 9.45. The molecule has 136 valence electrons. The van der Waals surface area contributed by atoms with Crippen LogP contribution in [0.5, 0.6) is 0 Å². The minimum absolute atomic E-state index is 0.236. The van der Waals surface area contributed by atoms with Crippen LogP contribution in [0.2, 0.25) is 10.0 Å². The highest BCUT2D eigenvalue weighted by atomic mass is 35.5. The van der Waals surface area contributed by atoms with Gasteiger partial charge in [-0.3, -0.25) is 4.79 Å². The first-order valence-corrected chi connectivity index (χ1v) is 8.75. The van der Waals surface area contributed by atoms with Gasteiger partial charge >= 0.3 is 6.03 Å². The summed E-state index contributed by atoms with van der Waals surface area (Å²) in [6.45, 7) is 3.34. The van der Waals surface area contributed by atoms with Crippen LogP contribution in [-0.2, 0) is 10.3 Å². The standard InChI is InChI=1S/C19H18Cl2N2O3/c1-11-4-5-13(8-12(11)2)19(10-24)17(25)23(18(26)22(19)3)14-6-7-15(20)16(21)9-14/h4-9,24H,10H2,1-3H3. The predicted molar refractivity (Wildman–Crippen MR) is 102 cm³/mol. The Labute approximate surface area is 161 Å². The minimum Gasteiger partial charge on any atom is -0.393 e. The Morgan fingerprint density at radius 3 is 2.27 bits per heavy atom. The van der Waals surface area contributed by atoms with Gasteiger partial charge in [0.05, 0.1) is 22.3 Å². The number of halogens is 2.